The van der Waals surface area contributed by atoms with Crippen molar-refractivity contribution < 1.29 is 28.7 Å². The number of carbonyl (C=O) groups excluding carboxylic acids is 1. The van der Waals surface area contributed by atoms with Crippen molar-refractivity contribution >= 4 is 12.0 Å². The number of hydrogen-bond acceptors (Lipinski definition) is 10. The van der Waals surface area contributed by atoms with Crippen molar-refractivity contribution in [2.24, 2.45) is 0 Å². The maximum Gasteiger partial charge on any atom is 0.434 e. The first-order valence-corrected chi connectivity index (χ1v) is 17.1. The summed E-state index contributed by atoms with van der Waals surface area (Å²) >= 11 is 0. The second-order valence-electron chi connectivity index (χ2n) is 14.0. The number of imidazole rings is 2. The van der Waals surface area contributed by atoms with Gasteiger partial charge in [0.1, 0.15) is 54.1 Å². The fraction of sp³-hybridized carbons (Fsp3) is 0.462. The molecule has 290 valence electrons. The SMILES string of the molecule is C.C=C(NCCOc1cccc(Cn2ccnc2C)c1C)OC(C)(C)C.Cc1c(Cn2ccnc2[N+](=O)[O-])cccc1OCCNC(=O)OC(C)(C)C. The molecule has 0 aliphatic heterocycles. The van der Waals surface area contributed by atoms with Crippen molar-refractivity contribution in [1.82, 2.24) is 29.7 Å². The van der Waals surface area contributed by atoms with E-state index in [-0.39, 0.29) is 25.6 Å². The summed E-state index contributed by atoms with van der Waals surface area (Å²) in [7, 11) is 0. The lowest BCUT2D eigenvalue weighted by Crippen LogP contribution is -2.34. The van der Waals surface area contributed by atoms with Crippen LogP contribution in [-0.2, 0) is 22.6 Å². The summed E-state index contributed by atoms with van der Waals surface area (Å²) in [6, 6.07) is 11.7. The number of nitro groups is 1. The minimum Gasteiger partial charge on any atom is -0.491 e. The molecule has 0 atom stereocenters. The molecule has 4 rings (SSSR count). The molecule has 2 aromatic carbocycles. The molecule has 0 saturated heterocycles. The second-order valence-corrected chi connectivity index (χ2v) is 14.0. The molecule has 14 heteroatoms. The highest BCUT2D eigenvalue weighted by molar-refractivity contribution is 5.67. The molecule has 14 nitrogen and oxygen atoms in total. The highest BCUT2D eigenvalue weighted by atomic mass is 16.6. The van der Waals surface area contributed by atoms with Gasteiger partial charge in [0.05, 0.1) is 19.6 Å². The first kappa shape index (κ1) is 43.6. The Bertz CT molecular complexity index is 1780. The normalized spacial score (nSPS) is 11.0. The third kappa shape index (κ3) is 14.9. The topological polar surface area (TPSA) is 157 Å². The van der Waals surface area contributed by atoms with Gasteiger partial charge in [-0.1, -0.05) is 36.7 Å². The molecule has 0 aliphatic rings. The maximum atomic E-state index is 11.6. The zero-order valence-electron chi connectivity index (χ0n) is 31.8. The number of nitrogens with one attached hydrogen (secondary N) is 2. The smallest absolute Gasteiger partial charge is 0.434 e. The van der Waals surface area contributed by atoms with Gasteiger partial charge in [-0.3, -0.25) is 0 Å². The summed E-state index contributed by atoms with van der Waals surface area (Å²) in [5, 5.41) is 16.8. The standard InChI is InChI=1S/C20H29N3O2.C18H24N4O5.CH4/c1-15-18(14-23-12-10-21-16(23)2)8-7-9-19(15)24-13-11-22-17(3)25-20(4,5)6;1-13-14(12-21-10-8-19-16(21)22(24)25)6-5-7-15(13)26-11-9-20-17(23)27-18(2,3)4;/h7-10,12,22H,3,11,13-14H2,1-2,4-6H3;5-8,10H,9,11-12H2,1-4H3,(H,20,23);1H4. The first-order valence-electron chi connectivity index (χ1n) is 17.1. The number of amides is 1. The molecule has 2 N–H and O–H groups in total. The molecule has 2 aromatic heterocycles. The third-order valence-electron chi connectivity index (χ3n) is 7.39. The van der Waals surface area contributed by atoms with Gasteiger partial charge in [0.25, 0.3) is 0 Å². The van der Waals surface area contributed by atoms with E-state index in [4.69, 9.17) is 18.9 Å². The van der Waals surface area contributed by atoms with E-state index in [1.54, 1.807) is 27.0 Å². The van der Waals surface area contributed by atoms with Crippen molar-refractivity contribution in [2.45, 2.75) is 94.0 Å². The molecule has 53 heavy (non-hydrogen) atoms. The van der Waals surface area contributed by atoms with Crippen LogP contribution >= 0.6 is 0 Å². The van der Waals surface area contributed by atoms with Crippen LogP contribution in [0.3, 0.4) is 0 Å². The zero-order valence-corrected chi connectivity index (χ0v) is 31.8. The molecule has 0 unspecified atom stereocenters. The summed E-state index contributed by atoms with van der Waals surface area (Å²) in [6.45, 7) is 24.1. The third-order valence-corrected chi connectivity index (χ3v) is 7.39. The molecular weight excluding hydrogens is 678 g/mol. The highest BCUT2D eigenvalue weighted by Gasteiger charge is 2.18. The Morgan fingerprint density at radius 2 is 1.28 bits per heavy atom. The Morgan fingerprint density at radius 1 is 0.792 bits per heavy atom. The van der Waals surface area contributed by atoms with Gasteiger partial charge in [-0.15, -0.1) is 0 Å². The van der Waals surface area contributed by atoms with Crippen LogP contribution in [0.5, 0.6) is 11.5 Å². The van der Waals surface area contributed by atoms with E-state index < -0.39 is 16.6 Å². The molecule has 1 amide bonds. The molecule has 0 spiro atoms. The molecule has 0 aliphatic carbocycles. The van der Waals surface area contributed by atoms with Gasteiger partial charge in [-0.25, -0.2) is 14.3 Å². The monoisotopic (exact) mass is 735 g/mol. The number of aromatic nitrogens is 4. The van der Waals surface area contributed by atoms with Crippen LogP contribution in [0.4, 0.5) is 10.7 Å². The van der Waals surface area contributed by atoms with E-state index >= 15 is 0 Å². The summed E-state index contributed by atoms with van der Waals surface area (Å²) in [6.07, 6.45) is 6.28. The van der Waals surface area contributed by atoms with Gasteiger partial charge in [0, 0.05) is 18.9 Å². The van der Waals surface area contributed by atoms with Crippen LogP contribution in [0.25, 0.3) is 0 Å². The Kier molecular flexibility index (Phi) is 16.4. The molecule has 0 fully saturated rings. The molecule has 0 bridgehead atoms. The van der Waals surface area contributed by atoms with Gasteiger partial charge in [0.15, 0.2) is 5.88 Å². The van der Waals surface area contributed by atoms with E-state index in [9.17, 15) is 14.9 Å². The number of aryl methyl sites for hydroxylation is 1. The second kappa shape index (κ2) is 19.9. The van der Waals surface area contributed by atoms with Gasteiger partial charge >= 0.3 is 12.0 Å². The van der Waals surface area contributed by atoms with E-state index in [1.165, 1.54) is 16.3 Å². The Balaban J connectivity index is 0.000000361. The lowest BCUT2D eigenvalue weighted by Gasteiger charge is -2.23. The molecule has 4 aromatic rings. The molecule has 2 heterocycles. The number of carbonyl (C=O) groups is 1. The van der Waals surface area contributed by atoms with Gasteiger partial charge in [0.2, 0.25) is 0 Å². The Hall–Kier alpha value is -5.53. The predicted octanol–water partition coefficient (Wildman–Crippen LogP) is 7.49. The van der Waals surface area contributed by atoms with E-state index in [0.29, 0.717) is 37.9 Å². The number of alkyl carbamates (subject to hydrolysis) is 1. The van der Waals surface area contributed by atoms with Crippen LogP contribution in [0.2, 0.25) is 0 Å². The van der Waals surface area contributed by atoms with Crippen LogP contribution in [0.15, 0.2) is 73.6 Å². The molecule has 0 saturated carbocycles. The summed E-state index contributed by atoms with van der Waals surface area (Å²) in [4.78, 5) is 30.1. The number of benzene rings is 2. The average Bonchev–Trinajstić information content (AvgIpc) is 3.68. The molecular formula is C39H57N7O7. The number of rotatable bonds is 15. The van der Waals surface area contributed by atoms with Crippen molar-refractivity contribution in [3.63, 3.8) is 0 Å². The Morgan fingerprint density at radius 3 is 1.77 bits per heavy atom. The zero-order chi connectivity index (χ0) is 38.5. The van der Waals surface area contributed by atoms with Crippen molar-refractivity contribution in [3.05, 3.63) is 112 Å². The summed E-state index contributed by atoms with van der Waals surface area (Å²) in [5.41, 5.74) is 3.34. The minimum atomic E-state index is -0.550. The lowest BCUT2D eigenvalue weighted by molar-refractivity contribution is -0.396. The molecule has 0 radical (unpaired) electrons. The lowest BCUT2D eigenvalue weighted by atomic mass is 10.1. The van der Waals surface area contributed by atoms with E-state index in [0.717, 1.165) is 34.8 Å². The number of hydrogen-bond donors (Lipinski definition) is 2. The summed E-state index contributed by atoms with van der Waals surface area (Å²) in [5.74, 6) is 2.92. The van der Waals surface area contributed by atoms with Crippen molar-refractivity contribution in [1.29, 1.82) is 0 Å². The van der Waals surface area contributed by atoms with Gasteiger partial charge in [-0.2, -0.15) is 0 Å². The van der Waals surface area contributed by atoms with Crippen LogP contribution in [0, 0.1) is 30.9 Å². The predicted molar refractivity (Wildman–Crippen MR) is 206 cm³/mol. The van der Waals surface area contributed by atoms with Crippen LogP contribution in [0.1, 0.15) is 77.0 Å². The first-order chi connectivity index (χ1) is 24.4. The fourth-order valence-electron chi connectivity index (χ4n) is 4.90. The van der Waals surface area contributed by atoms with Crippen LogP contribution in [-0.4, -0.2) is 67.6 Å². The van der Waals surface area contributed by atoms with Gasteiger partial charge in [-0.05, 0) is 108 Å². The average molecular weight is 736 g/mol. The van der Waals surface area contributed by atoms with E-state index in [1.807, 2.05) is 77.3 Å². The quantitative estimate of drug-likeness (QED) is 0.0543. The fourth-order valence-corrected chi connectivity index (χ4v) is 4.90. The highest BCUT2D eigenvalue weighted by Crippen LogP contribution is 2.24. The minimum absolute atomic E-state index is 0. The van der Waals surface area contributed by atoms with Crippen molar-refractivity contribution in [3.8, 4) is 11.5 Å². The van der Waals surface area contributed by atoms with Crippen molar-refractivity contribution in [2.75, 3.05) is 26.3 Å². The van der Waals surface area contributed by atoms with Crippen LogP contribution < -0.4 is 20.1 Å². The largest absolute Gasteiger partial charge is 0.491 e. The number of ether oxygens (including phenoxy) is 4. The summed E-state index contributed by atoms with van der Waals surface area (Å²) < 4.78 is 26.0. The Labute approximate surface area is 313 Å². The maximum absolute atomic E-state index is 11.6. The van der Waals surface area contributed by atoms with E-state index in [2.05, 4.69) is 44.7 Å². The number of nitrogens with zero attached hydrogens (tertiary/aromatic N) is 5. The van der Waals surface area contributed by atoms with Gasteiger partial charge < -0.3 is 44.3 Å².